The minimum Gasteiger partial charge on any atom is -0.395 e. The number of quaternary nitrogens is 1. The lowest BCUT2D eigenvalue weighted by Gasteiger charge is -2.47. The summed E-state index contributed by atoms with van der Waals surface area (Å²) >= 11 is 0. The van der Waals surface area contributed by atoms with Gasteiger partial charge in [-0.3, -0.25) is 23.8 Å². The average Bonchev–Trinajstić information content (AvgIpc) is 2.66. The lowest BCUT2D eigenvalue weighted by molar-refractivity contribution is -0.932. The zero-order valence-corrected chi connectivity index (χ0v) is 18.8. The fraction of sp³-hybridized carbons (Fsp3) is 1.00. The van der Waals surface area contributed by atoms with Gasteiger partial charge in [-0.25, -0.2) is 0 Å². The summed E-state index contributed by atoms with van der Waals surface area (Å²) in [6.07, 6.45) is 0. The molecule has 2 aliphatic rings. The fourth-order valence-electron chi connectivity index (χ4n) is 4.25. The first-order chi connectivity index (χ1) is 14.0. The summed E-state index contributed by atoms with van der Waals surface area (Å²) in [6.45, 7) is 5.16. The molecule has 30 heavy (non-hydrogen) atoms. The van der Waals surface area contributed by atoms with E-state index in [0.717, 1.165) is 0 Å². The molecule has 0 saturated carbocycles. The predicted octanol–water partition coefficient (Wildman–Crippen LogP) is -3.18. The van der Waals surface area contributed by atoms with Crippen molar-refractivity contribution in [2.45, 2.75) is 5.37 Å². The lowest BCUT2D eigenvalue weighted by Crippen LogP contribution is -2.66. The summed E-state index contributed by atoms with van der Waals surface area (Å²) in [6, 6.07) is 0. The lowest BCUT2D eigenvalue weighted by atomic mass is 10.2. The van der Waals surface area contributed by atoms with E-state index >= 15 is 0 Å². The summed E-state index contributed by atoms with van der Waals surface area (Å²) in [5.74, 6) is -0.362. The number of β-amino-alcohol motifs (C(OH)–C–C–N with tert-alkyl or cyclic N) is 1. The quantitative estimate of drug-likeness (QED) is 0.176. The summed E-state index contributed by atoms with van der Waals surface area (Å²) in [4.78, 5) is 5.66. The van der Waals surface area contributed by atoms with Crippen molar-refractivity contribution in [2.24, 2.45) is 0 Å². The number of hydrogen-bond acceptors (Lipinski definition) is 9. The van der Waals surface area contributed by atoms with Crippen LogP contribution in [0.2, 0.25) is 0 Å². The summed E-state index contributed by atoms with van der Waals surface area (Å²) in [5, 5.41) is 17.6. The maximum Gasteiger partial charge on any atom is 0.287 e. The maximum atomic E-state index is 12.2. The van der Waals surface area contributed by atoms with E-state index < -0.39 is 25.6 Å². The largest absolute Gasteiger partial charge is 0.395 e. The Labute approximate surface area is 178 Å². The van der Waals surface area contributed by atoms with Crippen LogP contribution in [0.3, 0.4) is 0 Å². The first-order valence-electron chi connectivity index (χ1n) is 10.1. The number of hydrogen-bond donors (Lipinski definition) is 4. The van der Waals surface area contributed by atoms with E-state index in [4.69, 9.17) is 9.66 Å². The van der Waals surface area contributed by atoms with E-state index in [1.807, 2.05) is 9.80 Å². The highest BCUT2D eigenvalue weighted by Gasteiger charge is 2.42. The summed E-state index contributed by atoms with van der Waals surface area (Å²) < 4.78 is 65.6. The Morgan fingerprint density at radius 2 is 1.37 bits per heavy atom. The Balaban J connectivity index is 2.05. The van der Waals surface area contributed by atoms with Crippen molar-refractivity contribution in [1.29, 1.82) is 0 Å². The van der Waals surface area contributed by atoms with Crippen molar-refractivity contribution >= 4 is 20.2 Å². The van der Waals surface area contributed by atoms with Crippen molar-refractivity contribution in [2.75, 3.05) is 97.5 Å². The molecule has 0 amide bonds. The maximum absolute atomic E-state index is 12.2. The molecule has 0 aromatic heterocycles. The Kier molecular flexibility index (Phi) is 9.42. The van der Waals surface area contributed by atoms with Gasteiger partial charge < -0.3 is 14.7 Å². The molecule has 0 bridgehead atoms. The normalized spacial score (nSPS) is 23.5. The fourth-order valence-corrected chi connectivity index (χ4v) is 5.84. The molecular formula is C16H35N4O8S2+. The smallest absolute Gasteiger partial charge is 0.287 e. The topological polar surface area (TPSA) is 159 Å². The average molecular weight is 476 g/mol. The number of nitrogens with zero attached hydrogens (tertiary/aromatic N) is 4. The van der Waals surface area contributed by atoms with E-state index in [-0.39, 0.29) is 32.1 Å². The number of aliphatic hydroxyl groups excluding tert-OH is 2. The number of rotatable bonds is 11. The van der Waals surface area contributed by atoms with Crippen LogP contribution in [0.5, 0.6) is 0 Å². The molecule has 2 saturated heterocycles. The third-order valence-corrected chi connectivity index (χ3v) is 7.97. The minimum absolute atomic E-state index is 0.0340. The summed E-state index contributed by atoms with van der Waals surface area (Å²) in [5.41, 5.74) is 0. The zero-order valence-electron chi connectivity index (χ0n) is 17.2. The molecule has 14 heteroatoms. The molecule has 0 radical (unpaired) electrons. The molecule has 1 atom stereocenters. The van der Waals surface area contributed by atoms with Crippen LogP contribution in [-0.2, 0) is 20.2 Å². The Morgan fingerprint density at radius 3 is 1.83 bits per heavy atom. The second kappa shape index (κ2) is 10.9. The van der Waals surface area contributed by atoms with Gasteiger partial charge >= 0.3 is 0 Å². The Hall–Kier alpha value is -0.420. The van der Waals surface area contributed by atoms with Crippen molar-refractivity contribution in [1.82, 2.24) is 14.7 Å². The van der Waals surface area contributed by atoms with Crippen LogP contribution in [0.15, 0.2) is 0 Å². The molecule has 2 rings (SSSR count). The van der Waals surface area contributed by atoms with Gasteiger partial charge in [0.1, 0.15) is 13.1 Å². The van der Waals surface area contributed by atoms with E-state index in [1.165, 1.54) is 0 Å². The molecule has 2 heterocycles. The van der Waals surface area contributed by atoms with Gasteiger partial charge in [0.15, 0.2) is 5.37 Å². The molecular weight excluding hydrogens is 440 g/mol. The third-order valence-electron chi connectivity index (χ3n) is 6.14. The minimum atomic E-state index is -4.36. The molecule has 0 aromatic rings. The molecule has 1 unspecified atom stereocenters. The first-order valence-corrected chi connectivity index (χ1v) is 13.3. The third kappa shape index (κ3) is 7.93. The van der Waals surface area contributed by atoms with Gasteiger partial charge in [-0.2, -0.15) is 16.8 Å². The van der Waals surface area contributed by atoms with Gasteiger partial charge in [-0.05, 0) is 0 Å². The Bertz CT molecular complexity index is 732. The second-order valence-corrected chi connectivity index (χ2v) is 11.3. The van der Waals surface area contributed by atoms with Gasteiger partial charge in [0.25, 0.3) is 20.2 Å². The van der Waals surface area contributed by atoms with Crippen LogP contribution in [0.1, 0.15) is 0 Å². The molecule has 0 aliphatic carbocycles. The van der Waals surface area contributed by atoms with Gasteiger partial charge in [0, 0.05) is 52.4 Å². The van der Waals surface area contributed by atoms with Crippen molar-refractivity contribution in [3.05, 3.63) is 0 Å². The highest BCUT2D eigenvalue weighted by Crippen LogP contribution is 2.20. The van der Waals surface area contributed by atoms with E-state index in [0.29, 0.717) is 69.9 Å². The molecule has 0 spiro atoms. The van der Waals surface area contributed by atoms with E-state index in [9.17, 15) is 26.5 Å². The van der Waals surface area contributed by atoms with Crippen LogP contribution in [0.25, 0.3) is 0 Å². The van der Waals surface area contributed by atoms with E-state index in [1.54, 1.807) is 4.90 Å². The van der Waals surface area contributed by atoms with Crippen LogP contribution >= 0.6 is 0 Å². The van der Waals surface area contributed by atoms with Gasteiger partial charge in [0.2, 0.25) is 0 Å². The highest BCUT2D eigenvalue weighted by atomic mass is 32.2. The first kappa shape index (κ1) is 25.8. The standard InChI is InChI=1S/C16H34N4O8S2/c21-12-7-17-1-3-19(4-2-17)16(30(26,27)28)15-20(11-13-22)9-5-18(6-10-20)8-14-29(23,24)25/h16,21-22H,1-15H2,(H-,23,24,25,26,27,28)/p+1. The molecule has 178 valence electrons. The molecule has 2 aliphatic heterocycles. The predicted molar refractivity (Wildman–Crippen MR) is 110 cm³/mol. The second-order valence-electron chi connectivity index (χ2n) is 8.12. The molecule has 4 N–H and O–H groups in total. The molecule has 2 fully saturated rings. The Morgan fingerprint density at radius 1 is 0.800 bits per heavy atom. The molecule has 0 aromatic carbocycles. The number of piperazine rings is 2. The molecule has 12 nitrogen and oxygen atoms in total. The van der Waals surface area contributed by atoms with Crippen LogP contribution in [0.4, 0.5) is 0 Å². The van der Waals surface area contributed by atoms with Crippen LogP contribution in [-0.4, -0.2) is 158 Å². The van der Waals surface area contributed by atoms with Gasteiger partial charge in [-0.1, -0.05) is 0 Å². The highest BCUT2D eigenvalue weighted by molar-refractivity contribution is 7.86. The number of aliphatic hydroxyl groups is 2. The van der Waals surface area contributed by atoms with Gasteiger partial charge in [-0.15, -0.1) is 0 Å². The zero-order chi connectivity index (χ0) is 22.4. The van der Waals surface area contributed by atoms with Crippen molar-refractivity contribution < 1.29 is 40.6 Å². The van der Waals surface area contributed by atoms with Gasteiger partial charge in [0.05, 0.1) is 32.1 Å². The van der Waals surface area contributed by atoms with Crippen molar-refractivity contribution in [3.63, 3.8) is 0 Å². The monoisotopic (exact) mass is 475 g/mol. The van der Waals surface area contributed by atoms with Crippen molar-refractivity contribution in [3.8, 4) is 0 Å². The van der Waals surface area contributed by atoms with E-state index in [2.05, 4.69) is 0 Å². The van der Waals surface area contributed by atoms with Crippen LogP contribution in [0, 0.1) is 0 Å². The van der Waals surface area contributed by atoms with Crippen LogP contribution < -0.4 is 0 Å². The summed E-state index contributed by atoms with van der Waals surface area (Å²) in [7, 11) is -8.41. The SMILES string of the molecule is O=S(=O)(O)CCN1CC[N+](CCO)(CC(N2CCN(CCO)CC2)S(=O)(=O)O)CC1.